The zero-order chi connectivity index (χ0) is 11.5. The summed E-state index contributed by atoms with van der Waals surface area (Å²) in [6.07, 6.45) is 0. The molecule has 3 rings (SSSR count). The van der Waals surface area contributed by atoms with Crippen LogP contribution in [0.1, 0.15) is 4.88 Å². The molecule has 0 aliphatic carbocycles. The zero-order valence-electron chi connectivity index (χ0n) is 8.79. The van der Waals surface area contributed by atoms with Crippen LogP contribution >= 0.6 is 34.0 Å². The van der Waals surface area contributed by atoms with Gasteiger partial charge in [0.1, 0.15) is 5.51 Å². The molecule has 0 spiro atoms. The van der Waals surface area contributed by atoms with E-state index in [-0.39, 0.29) is 0 Å². The van der Waals surface area contributed by atoms with Crippen LogP contribution in [-0.4, -0.2) is 10.2 Å². The van der Waals surface area contributed by atoms with Gasteiger partial charge >= 0.3 is 0 Å². The van der Waals surface area contributed by atoms with Crippen molar-refractivity contribution in [3.8, 4) is 10.4 Å². The topological polar surface area (TPSA) is 37.8 Å². The SMILES string of the molecule is c1csc(-c2csc(CNc3nncs3)c2)c1. The molecule has 17 heavy (non-hydrogen) atoms. The molecular formula is C11H9N3S3. The molecule has 0 amide bonds. The molecule has 0 aliphatic rings. The lowest BCUT2D eigenvalue weighted by molar-refractivity contribution is 1.06. The molecule has 0 aromatic carbocycles. The summed E-state index contributed by atoms with van der Waals surface area (Å²) in [4.78, 5) is 2.63. The van der Waals surface area contributed by atoms with Crippen molar-refractivity contribution < 1.29 is 0 Å². The molecule has 0 atom stereocenters. The molecular weight excluding hydrogens is 270 g/mol. The zero-order valence-corrected chi connectivity index (χ0v) is 11.2. The Hall–Kier alpha value is -1.24. The summed E-state index contributed by atoms with van der Waals surface area (Å²) in [7, 11) is 0. The molecule has 3 aromatic rings. The molecule has 0 radical (unpaired) electrons. The minimum Gasteiger partial charge on any atom is -0.355 e. The van der Waals surface area contributed by atoms with E-state index in [4.69, 9.17) is 0 Å². The van der Waals surface area contributed by atoms with E-state index in [9.17, 15) is 0 Å². The van der Waals surface area contributed by atoms with Crippen LogP contribution in [0.15, 0.2) is 34.5 Å². The highest BCUT2D eigenvalue weighted by Crippen LogP contribution is 2.29. The molecule has 6 heteroatoms. The van der Waals surface area contributed by atoms with E-state index in [1.165, 1.54) is 26.7 Å². The molecule has 0 saturated heterocycles. The fourth-order valence-corrected chi connectivity index (χ4v) is 3.52. The molecule has 0 fully saturated rings. The maximum atomic E-state index is 3.95. The third kappa shape index (κ3) is 2.54. The summed E-state index contributed by atoms with van der Waals surface area (Å²) < 4.78 is 0. The Labute approximate surface area is 111 Å². The van der Waals surface area contributed by atoms with Crippen LogP contribution in [0.2, 0.25) is 0 Å². The Balaban J connectivity index is 1.69. The van der Waals surface area contributed by atoms with E-state index < -0.39 is 0 Å². The molecule has 3 nitrogen and oxygen atoms in total. The lowest BCUT2D eigenvalue weighted by Gasteiger charge is -1.97. The molecule has 0 saturated carbocycles. The quantitative estimate of drug-likeness (QED) is 0.786. The van der Waals surface area contributed by atoms with Gasteiger partial charge in [-0.2, -0.15) is 0 Å². The normalized spacial score (nSPS) is 10.6. The predicted molar refractivity (Wildman–Crippen MR) is 74.9 cm³/mol. The van der Waals surface area contributed by atoms with Gasteiger partial charge in [-0.05, 0) is 22.9 Å². The average molecular weight is 279 g/mol. The first-order valence-corrected chi connectivity index (χ1v) is 7.67. The molecule has 0 aliphatic heterocycles. The number of aromatic nitrogens is 2. The maximum Gasteiger partial charge on any atom is 0.205 e. The standard InChI is InChI=1S/C11H9N3S3/c1-2-10(15-3-1)8-4-9(16-6-8)5-12-11-14-13-7-17-11/h1-4,6-7H,5H2,(H,12,14). The Kier molecular flexibility index (Phi) is 3.17. The number of anilines is 1. The molecule has 1 N–H and O–H groups in total. The van der Waals surface area contributed by atoms with Crippen molar-refractivity contribution >= 4 is 39.1 Å². The maximum absolute atomic E-state index is 3.95. The monoisotopic (exact) mass is 279 g/mol. The van der Waals surface area contributed by atoms with E-state index >= 15 is 0 Å². The highest BCUT2D eigenvalue weighted by Gasteiger charge is 2.04. The minimum absolute atomic E-state index is 0.811. The average Bonchev–Trinajstić information content (AvgIpc) is 3.09. The number of hydrogen-bond donors (Lipinski definition) is 1. The van der Waals surface area contributed by atoms with Crippen LogP contribution in [0.4, 0.5) is 5.13 Å². The predicted octanol–water partition coefficient (Wildman–Crippen LogP) is 3.94. The molecule has 3 heterocycles. The first kappa shape index (κ1) is 10.9. The Morgan fingerprint density at radius 2 is 2.24 bits per heavy atom. The van der Waals surface area contributed by atoms with Crippen LogP contribution in [0.25, 0.3) is 10.4 Å². The number of nitrogens with zero attached hydrogens (tertiary/aromatic N) is 2. The lowest BCUT2D eigenvalue weighted by atomic mass is 10.2. The first-order chi connectivity index (χ1) is 8.42. The van der Waals surface area contributed by atoms with Gasteiger partial charge in [-0.25, -0.2) is 0 Å². The molecule has 0 unspecified atom stereocenters. The van der Waals surface area contributed by atoms with Gasteiger partial charge in [0, 0.05) is 15.3 Å². The summed E-state index contributed by atoms with van der Waals surface area (Å²) in [6.45, 7) is 0.811. The lowest BCUT2D eigenvalue weighted by Crippen LogP contribution is -1.96. The van der Waals surface area contributed by atoms with Crippen molar-refractivity contribution in [3.05, 3.63) is 39.3 Å². The number of thiophene rings is 2. The summed E-state index contributed by atoms with van der Waals surface area (Å²) in [5, 5.41) is 16.2. The van der Waals surface area contributed by atoms with Crippen molar-refractivity contribution in [2.45, 2.75) is 6.54 Å². The Bertz CT molecular complexity index is 569. The van der Waals surface area contributed by atoms with E-state index in [0.29, 0.717) is 0 Å². The largest absolute Gasteiger partial charge is 0.355 e. The van der Waals surface area contributed by atoms with Gasteiger partial charge in [0.05, 0.1) is 6.54 Å². The highest BCUT2D eigenvalue weighted by atomic mass is 32.1. The molecule has 3 aromatic heterocycles. The van der Waals surface area contributed by atoms with E-state index in [1.54, 1.807) is 28.2 Å². The van der Waals surface area contributed by atoms with Gasteiger partial charge in [0.15, 0.2) is 0 Å². The summed E-state index contributed by atoms with van der Waals surface area (Å²) in [6, 6.07) is 6.45. The Morgan fingerprint density at radius 3 is 3.00 bits per heavy atom. The van der Waals surface area contributed by atoms with E-state index in [0.717, 1.165) is 11.7 Å². The van der Waals surface area contributed by atoms with Gasteiger partial charge in [-0.15, -0.1) is 32.9 Å². The van der Waals surface area contributed by atoms with Crippen LogP contribution in [0.3, 0.4) is 0 Å². The second kappa shape index (κ2) is 4.95. The van der Waals surface area contributed by atoms with Gasteiger partial charge in [-0.1, -0.05) is 17.4 Å². The van der Waals surface area contributed by atoms with Crippen molar-refractivity contribution in [3.63, 3.8) is 0 Å². The van der Waals surface area contributed by atoms with Gasteiger partial charge in [-0.3, -0.25) is 0 Å². The van der Waals surface area contributed by atoms with E-state index in [1.807, 2.05) is 0 Å². The van der Waals surface area contributed by atoms with Crippen molar-refractivity contribution in [2.24, 2.45) is 0 Å². The van der Waals surface area contributed by atoms with Crippen molar-refractivity contribution in [1.29, 1.82) is 0 Å². The molecule has 86 valence electrons. The summed E-state index contributed by atoms with van der Waals surface area (Å²) >= 11 is 5.06. The van der Waals surface area contributed by atoms with Crippen molar-refractivity contribution in [1.82, 2.24) is 10.2 Å². The number of nitrogens with one attached hydrogen (secondary N) is 1. The van der Waals surface area contributed by atoms with Crippen molar-refractivity contribution in [2.75, 3.05) is 5.32 Å². The molecule has 0 bridgehead atoms. The number of rotatable bonds is 4. The van der Waals surface area contributed by atoms with Crippen LogP contribution in [0.5, 0.6) is 0 Å². The smallest absolute Gasteiger partial charge is 0.205 e. The Morgan fingerprint density at radius 1 is 1.24 bits per heavy atom. The van der Waals surface area contributed by atoms with Crippen LogP contribution in [0, 0.1) is 0 Å². The number of hydrogen-bond acceptors (Lipinski definition) is 6. The summed E-state index contributed by atoms with van der Waals surface area (Å²) in [5.41, 5.74) is 3.03. The third-order valence-corrected chi connectivity index (χ3v) is 4.74. The highest BCUT2D eigenvalue weighted by molar-refractivity contribution is 7.14. The fourth-order valence-electron chi connectivity index (χ4n) is 1.46. The van der Waals surface area contributed by atoms with E-state index in [2.05, 4.69) is 44.5 Å². The minimum atomic E-state index is 0.811. The fraction of sp³-hybridized carbons (Fsp3) is 0.0909. The second-order valence-electron chi connectivity index (χ2n) is 3.38. The second-order valence-corrected chi connectivity index (χ2v) is 6.15. The first-order valence-electron chi connectivity index (χ1n) is 5.03. The third-order valence-electron chi connectivity index (χ3n) is 2.23. The summed E-state index contributed by atoms with van der Waals surface area (Å²) in [5.74, 6) is 0. The van der Waals surface area contributed by atoms with Crippen LogP contribution < -0.4 is 5.32 Å². The van der Waals surface area contributed by atoms with Gasteiger partial charge < -0.3 is 5.32 Å². The van der Waals surface area contributed by atoms with Gasteiger partial charge in [0.25, 0.3) is 0 Å². The van der Waals surface area contributed by atoms with Gasteiger partial charge in [0.2, 0.25) is 5.13 Å². The van der Waals surface area contributed by atoms with Crippen LogP contribution in [-0.2, 0) is 6.54 Å².